The van der Waals surface area contributed by atoms with Crippen molar-refractivity contribution in [2.45, 2.75) is 25.2 Å². The van der Waals surface area contributed by atoms with Crippen LogP contribution < -0.4 is 0 Å². The van der Waals surface area contributed by atoms with Gasteiger partial charge in [-0.2, -0.15) is 4.31 Å². The number of carbonyl (C=O) groups is 1. The Morgan fingerprint density at radius 1 is 1.17 bits per heavy atom. The summed E-state index contributed by atoms with van der Waals surface area (Å²) in [7, 11) is -1.56. The number of hydrogen-bond acceptors (Lipinski definition) is 3. The molecule has 1 aromatic carbocycles. The number of hydrogen-bond donors (Lipinski definition) is 0. The Balaban J connectivity index is 1.93. The molecule has 0 bridgehead atoms. The second-order valence-electron chi connectivity index (χ2n) is 6.21. The first-order valence-electron chi connectivity index (χ1n) is 8.18. The molecule has 2 aromatic rings. The highest BCUT2D eigenvalue weighted by molar-refractivity contribution is 7.89. The second kappa shape index (κ2) is 6.22. The van der Waals surface area contributed by atoms with E-state index in [4.69, 9.17) is 0 Å². The van der Waals surface area contributed by atoms with Crippen LogP contribution in [0.4, 0.5) is 0 Å². The molecule has 0 unspecified atom stereocenters. The zero-order valence-corrected chi connectivity index (χ0v) is 15.1. The molecular weight excluding hydrogens is 326 g/mol. The Labute approximate surface area is 142 Å². The van der Waals surface area contributed by atoms with Gasteiger partial charge in [0.15, 0.2) is 0 Å². The quantitative estimate of drug-likeness (QED) is 0.845. The maximum absolute atomic E-state index is 12.9. The molecule has 0 atom stereocenters. The molecule has 0 spiro atoms. The molecule has 0 saturated carbocycles. The summed E-state index contributed by atoms with van der Waals surface area (Å²) >= 11 is 0. The van der Waals surface area contributed by atoms with E-state index in [0.717, 1.165) is 22.9 Å². The standard InChI is InChI=1S/C17H23N3O3S/c1-4-14-12-18(3)17-6-5-15(11-16(14)17)24(22,23)20-9-7-19(8-10-20)13(2)21/h5-6,11-12H,4,7-10H2,1-3H3. The number of benzene rings is 1. The Kier molecular flexibility index (Phi) is 4.40. The average molecular weight is 349 g/mol. The zero-order valence-electron chi connectivity index (χ0n) is 14.3. The van der Waals surface area contributed by atoms with E-state index in [0.29, 0.717) is 31.1 Å². The summed E-state index contributed by atoms with van der Waals surface area (Å²) in [6.07, 6.45) is 2.91. The van der Waals surface area contributed by atoms with Gasteiger partial charge in [0.1, 0.15) is 0 Å². The van der Waals surface area contributed by atoms with Crippen LogP contribution >= 0.6 is 0 Å². The van der Waals surface area contributed by atoms with Crippen molar-refractivity contribution < 1.29 is 13.2 Å². The summed E-state index contributed by atoms with van der Waals surface area (Å²) in [4.78, 5) is 13.4. The largest absolute Gasteiger partial charge is 0.350 e. The number of piperazine rings is 1. The van der Waals surface area contributed by atoms with Crippen molar-refractivity contribution in [2.75, 3.05) is 26.2 Å². The van der Waals surface area contributed by atoms with E-state index in [-0.39, 0.29) is 5.91 Å². The van der Waals surface area contributed by atoms with E-state index < -0.39 is 10.0 Å². The second-order valence-corrected chi connectivity index (χ2v) is 8.15. The van der Waals surface area contributed by atoms with Crippen LogP contribution in [0.25, 0.3) is 10.9 Å². The van der Waals surface area contributed by atoms with Gasteiger partial charge in [-0.1, -0.05) is 6.92 Å². The summed E-state index contributed by atoms with van der Waals surface area (Å²) in [6.45, 7) is 5.16. The molecule has 3 rings (SSSR count). The summed E-state index contributed by atoms with van der Waals surface area (Å²) in [5.74, 6) is -0.00894. The summed E-state index contributed by atoms with van der Waals surface area (Å²) in [5.41, 5.74) is 2.18. The van der Waals surface area contributed by atoms with Crippen LogP contribution in [0.2, 0.25) is 0 Å². The molecule has 1 fully saturated rings. The minimum Gasteiger partial charge on any atom is -0.350 e. The molecule has 6 nitrogen and oxygen atoms in total. The van der Waals surface area contributed by atoms with Crippen molar-refractivity contribution in [3.63, 3.8) is 0 Å². The molecule has 1 aromatic heterocycles. The van der Waals surface area contributed by atoms with E-state index in [1.54, 1.807) is 17.0 Å². The van der Waals surface area contributed by atoms with Crippen LogP contribution in [0.15, 0.2) is 29.3 Å². The first-order chi connectivity index (χ1) is 11.3. The first kappa shape index (κ1) is 17.0. The monoisotopic (exact) mass is 349 g/mol. The molecule has 1 saturated heterocycles. The first-order valence-corrected chi connectivity index (χ1v) is 9.62. The zero-order chi connectivity index (χ0) is 17.5. The third kappa shape index (κ3) is 2.82. The molecule has 7 heteroatoms. The van der Waals surface area contributed by atoms with Gasteiger partial charge in [-0.15, -0.1) is 0 Å². The predicted molar refractivity (Wildman–Crippen MR) is 93.3 cm³/mol. The van der Waals surface area contributed by atoms with Crippen molar-refractivity contribution in [3.05, 3.63) is 30.0 Å². The molecule has 24 heavy (non-hydrogen) atoms. The van der Waals surface area contributed by atoms with Crippen LogP contribution in [-0.4, -0.2) is 54.3 Å². The Hall–Kier alpha value is -1.86. The van der Waals surface area contributed by atoms with Gasteiger partial charge in [0.05, 0.1) is 4.90 Å². The van der Waals surface area contributed by atoms with Crippen molar-refractivity contribution in [1.82, 2.24) is 13.8 Å². The number of carbonyl (C=O) groups excluding carboxylic acids is 1. The van der Waals surface area contributed by atoms with Crippen LogP contribution in [0.1, 0.15) is 19.4 Å². The highest BCUT2D eigenvalue weighted by Gasteiger charge is 2.29. The predicted octanol–water partition coefficient (Wildman–Crippen LogP) is 1.59. The lowest BCUT2D eigenvalue weighted by Gasteiger charge is -2.33. The van der Waals surface area contributed by atoms with Crippen LogP contribution in [-0.2, 0) is 28.3 Å². The van der Waals surface area contributed by atoms with Gasteiger partial charge >= 0.3 is 0 Å². The molecular formula is C17H23N3O3S. The topological polar surface area (TPSA) is 62.6 Å². The van der Waals surface area contributed by atoms with E-state index in [2.05, 4.69) is 6.92 Å². The number of fused-ring (bicyclic) bond motifs is 1. The fourth-order valence-corrected chi connectivity index (χ4v) is 4.74. The third-order valence-corrected chi connectivity index (χ3v) is 6.64. The summed E-state index contributed by atoms with van der Waals surface area (Å²) < 4.78 is 29.4. The fourth-order valence-electron chi connectivity index (χ4n) is 3.29. The van der Waals surface area contributed by atoms with E-state index in [1.807, 2.05) is 23.9 Å². The molecule has 0 N–H and O–H groups in total. The minimum absolute atomic E-state index is 0.00894. The van der Waals surface area contributed by atoms with Crippen molar-refractivity contribution in [3.8, 4) is 0 Å². The lowest BCUT2D eigenvalue weighted by molar-refractivity contribution is -0.129. The molecule has 130 valence electrons. The van der Waals surface area contributed by atoms with Crippen LogP contribution in [0, 0.1) is 0 Å². The summed E-state index contributed by atoms with van der Waals surface area (Å²) in [6, 6.07) is 5.32. The average Bonchev–Trinajstić information content (AvgIpc) is 2.90. The Morgan fingerprint density at radius 3 is 2.42 bits per heavy atom. The fraction of sp³-hybridized carbons (Fsp3) is 0.471. The highest BCUT2D eigenvalue weighted by atomic mass is 32.2. The molecule has 1 aliphatic heterocycles. The number of rotatable bonds is 3. The van der Waals surface area contributed by atoms with Gasteiger partial charge in [0.2, 0.25) is 15.9 Å². The normalized spacial score (nSPS) is 16.7. The van der Waals surface area contributed by atoms with E-state index in [1.165, 1.54) is 11.2 Å². The summed E-state index contributed by atoms with van der Waals surface area (Å²) in [5, 5.41) is 0.989. The lowest BCUT2D eigenvalue weighted by atomic mass is 10.1. The van der Waals surface area contributed by atoms with Crippen LogP contribution in [0.3, 0.4) is 0 Å². The molecule has 0 aliphatic carbocycles. The molecule has 1 amide bonds. The minimum atomic E-state index is -3.53. The number of sulfonamides is 1. The van der Waals surface area contributed by atoms with Gasteiger partial charge in [0.25, 0.3) is 0 Å². The van der Waals surface area contributed by atoms with E-state index in [9.17, 15) is 13.2 Å². The third-order valence-electron chi connectivity index (χ3n) is 4.75. The van der Waals surface area contributed by atoms with Gasteiger partial charge in [-0.25, -0.2) is 8.42 Å². The van der Waals surface area contributed by atoms with Gasteiger partial charge in [0, 0.05) is 57.3 Å². The highest BCUT2D eigenvalue weighted by Crippen LogP contribution is 2.26. The smallest absolute Gasteiger partial charge is 0.243 e. The van der Waals surface area contributed by atoms with Crippen molar-refractivity contribution in [1.29, 1.82) is 0 Å². The van der Waals surface area contributed by atoms with E-state index >= 15 is 0 Å². The maximum atomic E-state index is 12.9. The van der Waals surface area contributed by atoms with Gasteiger partial charge in [-0.3, -0.25) is 4.79 Å². The Morgan fingerprint density at radius 2 is 1.83 bits per heavy atom. The van der Waals surface area contributed by atoms with Crippen molar-refractivity contribution in [2.24, 2.45) is 7.05 Å². The van der Waals surface area contributed by atoms with Gasteiger partial charge < -0.3 is 9.47 Å². The number of aryl methyl sites for hydroxylation is 2. The maximum Gasteiger partial charge on any atom is 0.243 e. The van der Waals surface area contributed by atoms with Crippen molar-refractivity contribution >= 4 is 26.8 Å². The number of nitrogens with zero attached hydrogens (tertiary/aromatic N) is 3. The molecule has 2 heterocycles. The molecule has 0 radical (unpaired) electrons. The van der Waals surface area contributed by atoms with Crippen LogP contribution in [0.5, 0.6) is 0 Å². The molecule has 1 aliphatic rings. The van der Waals surface area contributed by atoms with Gasteiger partial charge in [-0.05, 0) is 30.2 Å². The number of amides is 1. The lowest BCUT2D eigenvalue weighted by Crippen LogP contribution is -2.49. The SMILES string of the molecule is CCc1cn(C)c2ccc(S(=O)(=O)N3CCN(C(C)=O)CC3)cc12. The Bertz CT molecular complexity index is 878. The number of aromatic nitrogens is 1.